The predicted octanol–water partition coefficient (Wildman–Crippen LogP) is 2.93. The molecule has 1 amide bonds. The zero-order valence-corrected chi connectivity index (χ0v) is 15.8. The van der Waals surface area contributed by atoms with Crippen molar-refractivity contribution in [3.05, 3.63) is 59.7 Å². The van der Waals surface area contributed by atoms with Crippen LogP contribution in [0.3, 0.4) is 0 Å². The van der Waals surface area contributed by atoms with Crippen LogP contribution < -0.4 is 0 Å². The molecule has 1 heterocycles. The van der Waals surface area contributed by atoms with Gasteiger partial charge in [0.15, 0.2) is 0 Å². The number of likely N-dealkylation sites (tertiary alicyclic amines) is 1. The standard InChI is InChI=1S/C22H26N2O3/c1-23(2)12-15-11-16(25)13-24(15)22(26)27-14-21-19-9-5-3-7-17(19)18-8-4-6-10-20(18)21/h3-10,15-16,21,25H,11-14H2,1-2H3/t15-,16+/m1/s1. The van der Waals surface area contributed by atoms with Crippen LogP contribution in [0.4, 0.5) is 4.79 Å². The van der Waals surface area contributed by atoms with E-state index in [9.17, 15) is 9.90 Å². The maximum Gasteiger partial charge on any atom is 0.410 e. The summed E-state index contributed by atoms with van der Waals surface area (Å²) >= 11 is 0. The van der Waals surface area contributed by atoms with Gasteiger partial charge in [0.2, 0.25) is 0 Å². The highest BCUT2D eigenvalue weighted by atomic mass is 16.6. The van der Waals surface area contributed by atoms with Gasteiger partial charge in [0.05, 0.1) is 18.7 Å². The number of likely N-dealkylation sites (N-methyl/N-ethyl adjacent to an activating group) is 1. The van der Waals surface area contributed by atoms with Gasteiger partial charge in [-0.3, -0.25) is 0 Å². The fourth-order valence-electron chi connectivity index (χ4n) is 4.39. The lowest BCUT2D eigenvalue weighted by atomic mass is 9.98. The molecule has 2 aliphatic rings. The fraction of sp³-hybridized carbons (Fsp3) is 0.409. The number of carbonyl (C=O) groups excluding carboxylic acids is 1. The van der Waals surface area contributed by atoms with E-state index in [1.807, 2.05) is 43.3 Å². The summed E-state index contributed by atoms with van der Waals surface area (Å²) in [5.41, 5.74) is 4.85. The van der Waals surface area contributed by atoms with Gasteiger partial charge in [-0.05, 0) is 42.8 Å². The van der Waals surface area contributed by atoms with Gasteiger partial charge in [-0.25, -0.2) is 4.79 Å². The Morgan fingerprint density at radius 2 is 1.70 bits per heavy atom. The number of nitrogens with zero attached hydrogens (tertiary/aromatic N) is 2. The zero-order valence-electron chi connectivity index (χ0n) is 15.8. The van der Waals surface area contributed by atoms with Crippen LogP contribution in [0.15, 0.2) is 48.5 Å². The molecule has 1 aliphatic carbocycles. The Morgan fingerprint density at radius 1 is 1.11 bits per heavy atom. The van der Waals surface area contributed by atoms with Crippen molar-refractivity contribution in [2.24, 2.45) is 0 Å². The monoisotopic (exact) mass is 366 g/mol. The second kappa shape index (κ2) is 7.33. The molecule has 0 aromatic heterocycles. The number of hydrogen-bond acceptors (Lipinski definition) is 4. The van der Waals surface area contributed by atoms with Gasteiger partial charge >= 0.3 is 6.09 Å². The van der Waals surface area contributed by atoms with Crippen LogP contribution in [-0.2, 0) is 4.74 Å². The van der Waals surface area contributed by atoms with Crippen LogP contribution in [-0.4, -0.2) is 66.9 Å². The predicted molar refractivity (Wildman–Crippen MR) is 105 cm³/mol. The molecule has 0 spiro atoms. The Hall–Kier alpha value is -2.37. The highest BCUT2D eigenvalue weighted by Gasteiger charge is 2.36. The molecule has 4 rings (SSSR count). The van der Waals surface area contributed by atoms with E-state index in [-0.39, 0.29) is 18.1 Å². The number of benzene rings is 2. The molecule has 5 heteroatoms. The van der Waals surface area contributed by atoms with Crippen molar-refractivity contribution >= 4 is 6.09 Å². The normalized spacial score (nSPS) is 21.4. The maximum atomic E-state index is 12.7. The van der Waals surface area contributed by atoms with Crippen LogP contribution >= 0.6 is 0 Å². The number of aliphatic hydroxyl groups is 1. The Balaban J connectivity index is 1.49. The molecular formula is C22H26N2O3. The number of ether oxygens (including phenoxy) is 1. The van der Waals surface area contributed by atoms with Gasteiger partial charge in [-0.1, -0.05) is 48.5 Å². The number of hydrogen-bond donors (Lipinski definition) is 1. The summed E-state index contributed by atoms with van der Waals surface area (Å²) < 4.78 is 5.74. The minimum absolute atomic E-state index is 0.00866. The van der Waals surface area contributed by atoms with Crippen LogP contribution in [0.5, 0.6) is 0 Å². The summed E-state index contributed by atoms with van der Waals surface area (Å²) in [4.78, 5) is 16.4. The van der Waals surface area contributed by atoms with Crippen LogP contribution in [0.1, 0.15) is 23.5 Å². The smallest absolute Gasteiger partial charge is 0.410 e. The number of aliphatic hydroxyl groups excluding tert-OH is 1. The first-order valence-electron chi connectivity index (χ1n) is 9.49. The van der Waals surface area contributed by atoms with E-state index in [0.717, 1.165) is 6.54 Å². The molecule has 27 heavy (non-hydrogen) atoms. The zero-order chi connectivity index (χ0) is 19.0. The van der Waals surface area contributed by atoms with E-state index in [1.165, 1.54) is 22.3 Å². The van der Waals surface area contributed by atoms with Crippen molar-refractivity contribution in [1.82, 2.24) is 9.80 Å². The number of fused-ring (bicyclic) bond motifs is 3. The Morgan fingerprint density at radius 3 is 2.30 bits per heavy atom. The largest absolute Gasteiger partial charge is 0.448 e. The minimum Gasteiger partial charge on any atom is -0.448 e. The van der Waals surface area contributed by atoms with Crippen LogP contribution in [0.25, 0.3) is 11.1 Å². The molecule has 1 saturated heterocycles. The summed E-state index contributed by atoms with van der Waals surface area (Å²) in [5, 5.41) is 10.0. The third-order valence-corrected chi connectivity index (χ3v) is 5.54. The topological polar surface area (TPSA) is 53.0 Å². The van der Waals surface area contributed by atoms with Crippen molar-refractivity contribution in [3.8, 4) is 11.1 Å². The molecule has 1 N–H and O–H groups in total. The molecule has 2 atom stereocenters. The van der Waals surface area contributed by atoms with Crippen LogP contribution in [0, 0.1) is 0 Å². The van der Waals surface area contributed by atoms with E-state index in [4.69, 9.17) is 4.74 Å². The average molecular weight is 366 g/mol. The first-order valence-corrected chi connectivity index (χ1v) is 9.49. The number of carbonyl (C=O) groups is 1. The SMILES string of the molecule is CN(C)C[C@H]1C[C@H](O)CN1C(=O)OCC1c2ccccc2-c2ccccc21. The first-order chi connectivity index (χ1) is 13.0. The van der Waals surface area contributed by atoms with E-state index < -0.39 is 6.10 Å². The summed E-state index contributed by atoms with van der Waals surface area (Å²) in [5.74, 6) is 0.0566. The van der Waals surface area contributed by atoms with Crippen molar-refractivity contribution in [2.45, 2.75) is 24.5 Å². The Bertz CT molecular complexity index is 790. The average Bonchev–Trinajstić information content (AvgIpc) is 3.17. The molecule has 5 nitrogen and oxygen atoms in total. The second-order valence-corrected chi connectivity index (χ2v) is 7.76. The molecule has 2 aromatic carbocycles. The molecular weight excluding hydrogens is 340 g/mol. The first kappa shape index (κ1) is 18.0. The molecule has 0 unspecified atom stereocenters. The third kappa shape index (κ3) is 3.45. The summed E-state index contributed by atoms with van der Waals surface area (Å²) in [7, 11) is 3.95. The fourth-order valence-corrected chi connectivity index (χ4v) is 4.39. The minimum atomic E-state index is -0.476. The molecule has 0 radical (unpaired) electrons. The van der Waals surface area contributed by atoms with Crippen molar-refractivity contribution < 1.29 is 14.6 Å². The van der Waals surface area contributed by atoms with Gasteiger partial charge in [-0.15, -0.1) is 0 Å². The van der Waals surface area contributed by atoms with Crippen molar-refractivity contribution in [3.63, 3.8) is 0 Å². The number of amides is 1. The molecule has 1 fully saturated rings. The maximum absolute atomic E-state index is 12.7. The van der Waals surface area contributed by atoms with Crippen molar-refractivity contribution in [2.75, 3.05) is 33.8 Å². The highest BCUT2D eigenvalue weighted by molar-refractivity contribution is 5.79. The van der Waals surface area contributed by atoms with E-state index in [1.54, 1.807) is 4.90 Å². The van der Waals surface area contributed by atoms with Gasteiger partial charge in [0.25, 0.3) is 0 Å². The van der Waals surface area contributed by atoms with Gasteiger partial charge < -0.3 is 19.6 Å². The molecule has 1 aliphatic heterocycles. The Kier molecular flexibility index (Phi) is 4.89. The second-order valence-electron chi connectivity index (χ2n) is 7.76. The lowest BCUT2D eigenvalue weighted by Gasteiger charge is -2.26. The lowest BCUT2D eigenvalue weighted by molar-refractivity contribution is 0.0873. The third-order valence-electron chi connectivity index (χ3n) is 5.54. The summed E-state index contributed by atoms with van der Waals surface area (Å²) in [6, 6.07) is 16.6. The lowest BCUT2D eigenvalue weighted by Crippen LogP contribution is -2.42. The van der Waals surface area contributed by atoms with Gasteiger partial charge in [-0.2, -0.15) is 0 Å². The molecule has 2 aromatic rings. The molecule has 0 bridgehead atoms. The van der Waals surface area contributed by atoms with E-state index in [2.05, 4.69) is 24.3 Å². The highest BCUT2D eigenvalue weighted by Crippen LogP contribution is 2.44. The van der Waals surface area contributed by atoms with Crippen LogP contribution in [0.2, 0.25) is 0 Å². The molecule has 142 valence electrons. The van der Waals surface area contributed by atoms with E-state index >= 15 is 0 Å². The summed E-state index contributed by atoms with van der Waals surface area (Å²) in [6.07, 6.45) is -0.210. The number of β-amino-alcohol motifs (C(OH)–C–C–N with tert-alkyl or cyclic N) is 1. The summed E-state index contributed by atoms with van der Waals surface area (Å²) in [6.45, 7) is 1.38. The van der Waals surface area contributed by atoms with Gasteiger partial charge in [0, 0.05) is 12.5 Å². The number of rotatable bonds is 4. The van der Waals surface area contributed by atoms with Gasteiger partial charge in [0.1, 0.15) is 6.61 Å². The van der Waals surface area contributed by atoms with Crippen molar-refractivity contribution in [1.29, 1.82) is 0 Å². The quantitative estimate of drug-likeness (QED) is 0.904. The molecule has 0 saturated carbocycles. The van der Waals surface area contributed by atoms with E-state index in [0.29, 0.717) is 19.6 Å². The Labute approximate surface area is 160 Å².